The molecule has 420 valence electrons. The van der Waals surface area contributed by atoms with Crippen molar-refractivity contribution in [3.63, 3.8) is 0 Å². The summed E-state index contributed by atoms with van der Waals surface area (Å²) in [6.07, 6.45) is 32.9. The SMILES string of the molecule is CCCCCCCCC/C=C/C(O)C(COC1OC(CO)C(OC2OC(CO)C(O)C(O)C2O)C(O)C1O)NC(=O)CCCCCCCCCCCCCCCCCCCCCCCCCCCCCC. The van der Waals surface area contributed by atoms with Crippen LogP contribution in [0.25, 0.3) is 0 Å². The van der Waals surface area contributed by atoms with Crippen LogP contribution in [0.15, 0.2) is 12.2 Å². The Bertz CT molecular complexity index is 1240. The van der Waals surface area contributed by atoms with E-state index in [4.69, 9.17) is 18.9 Å². The highest BCUT2D eigenvalue weighted by Gasteiger charge is 2.51. The van der Waals surface area contributed by atoms with Gasteiger partial charge in [0.25, 0.3) is 0 Å². The van der Waals surface area contributed by atoms with Crippen LogP contribution >= 0.6 is 0 Å². The van der Waals surface area contributed by atoms with Crippen molar-refractivity contribution in [3.8, 4) is 0 Å². The first kappa shape index (κ1) is 65.8. The smallest absolute Gasteiger partial charge is 0.220 e. The van der Waals surface area contributed by atoms with Crippen molar-refractivity contribution in [2.24, 2.45) is 0 Å². The third-order valence-electron chi connectivity index (χ3n) is 14.7. The standard InChI is InChI=1S/C57H109NO13/c1-3-5-7-9-11-13-14-15-16-17-18-19-20-21-22-23-24-25-26-27-28-29-30-31-33-35-37-39-41-49(62)58-45(46(61)40-38-36-34-32-12-10-8-6-4-2)44-68-56-54(67)52(65)55(48(43-60)70-56)71-57-53(66)51(64)50(63)47(42-59)69-57/h38,40,45-48,50-57,59-61,63-67H,3-37,39,41-44H2,1-2H3,(H,58,62)/b40-38+. The molecular formula is C57H109NO13. The van der Waals surface area contributed by atoms with E-state index in [1.54, 1.807) is 6.08 Å². The third kappa shape index (κ3) is 30.2. The minimum atomic E-state index is -1.78. The summed E-state index contributed by atoms with van der Waals surface area (Å²) < 4.78 is 22.7. The Morgan fingerprint density at radius 1 is 0.493 bits per heavy atom. The quantitative estimate of drug-likeness (QED) is 0.0205. The van der Waals surface area contributed by atoms with E-state index >= 15 is 0 Å². The van der Waals surface area contributed by atoms with E-state index in [9.17, 15) is 45.6 Å². The van der Waals surface area contributed by atoms with E-state index in [0.717, 1.165) is 38.5 Å². The van der Waals surface area contributed by atoms with Gasteiger partial charge >= 0.3 is 0 Å². The second-order valence-corrected chi connectivity index (χ2v) is 21.1. The average Bonchev–Trinajstić information content (AvgIpc) is 3.37. The summed E-state index contributed by atoms with van der Waals surface area (Å²) in [5, 5.41) is 86.7. The number of rotatable bonds is 47. The van der Waals surface area contributed by atoms with Gasteiger partial charge in [0.1, 0.15) is 48.8 Å². The maximum atomic E-state index is 13.2. The normalized spacial score (nSPS) is 25.8. The van der Waals surface area contributed by atoms with Crippen LogP contribution in [-0.4, -0.2) is 140 Å². The molecule has 0 aromatic heterocycles. The Morgan fingerprint density at radius 3 is 1.30 bits per heavy atom. The Balaban J connectivity index is 1.64. The summed E-state index contributed by atoms with van der Waals surface area (Å²) in [5.74, 6) is -0.237. The van der Waals surface area contributed by atoms with Crippen LogP contribution in [0.3, 0.4) is 0 Å². The number of carbonyl (C=O) groups excluding carboxylic acids is 1. The molecule has 2 aliphatic heterocycles. The van der Waals surface area contributed by atoms with Crippen molar-refractivity contribution in [1.29, 1.82) is 0 Å². The second kappa shape index (κ2) is 43.9. The molecule has 0 spiro atoms. The lowest BCUT2D eigenvalue weighted by atomic mass is 9.97. The monoisotopic (exact) mass is 1020 g/mol. The van der Waals surface area contributed by atoms with Crippen molar-refractivity contribution in [2.45, 2.75) is 325 Å². The molecule has 2 saturated heterocycles. The zero-order chi connectivity index (χ0) is 51.7. The van der Waals surface area contributed by atoms with Crippen LogP contribution in [0, 0.1) is 0 Å². The predicted molar refractivity (Wildman–Crippen MR) is 282 cm³/mol. The number of carbonyl (C=O) groups is 1. The van der Waals surface area contributed by atoms with Gasteiger partial charge in [-0.1, -0.05) is 238 Å². The molecule has 0 saturated carbocycles. The number of amides is 1. The van der Waals surface area contributed by atoms with Crippen molar-refractivity contribution in [3.05, 3.63) is 12.2 Å². The molecule has 2 aliphatic rings. The fourth-order valence-corrected chi connectivity index (χ4v) is 9.94. The molecule has 14 heteroatoms. The van der Waals surface area contributed by atoms with E-state index in [0.29, 0.717) is 6.42 Å². The Kier molecular flexibility index (Phi) is 40.7. The van der Waals surface area contributed by atoms with Gasteiger partial charge in [0.2, 0.25) is 5.91 Å². The molecule has 71 heavy (non-hydrogen) atoms. The van der Waals surface area contributed by atoms with E-state index in [1.165, 1.54) is 186 Å². The summed E-state index contributed by atoms with van der Waals surface area (Å²) in [7, 11) is 0. The predicted octanol–water partition coefficient (Wildman–Crippen LogP) is 9.50. The topological polar surface area (TPSA) is 228 Å². The highest BCUT2D eigenvalue weighted by Crippen LogP contribution is 2.30. The van der Waals surface area contributed by atoms with Crippen molar-refractivity contribution < 1.29 is 64.6 Å². The van der Waals surface area contributed by atoms with E-state index in [-0.39, 0.29) is 18.9 Å². The van der Waals surface area contributed by atoms with Gasteiger partial charge < -0.3 is 65.1 Å². The van der Waals surface area contributed by atoms with Gasteiger partial charge in [-0.15, -0.1) is 0 Å². The first-order valence-corrected chi connectivity index (χ1v) is 29.4. The highest BCUT2D eigenvalue weighted by molar-refractivity contribution is 5.76. The molecule has 9 N–H and O–H groups in total. The number of aliphatic hydroxyl groups is 8. The molecule has 2 rings (SSSR count). The molecule has 0 aliphatic carbocycles. The second-order valence-electron chi connectivity index (χ2n) is 21.1. The minimum Gasteiger partial charge on any atom is -0.394 e. The third-order valence-corrected chi connectivity index (χ3v) is 14.7. The lowest BCUT2D eigenvalue weighted by Gasteiger charge is -2.46. The van der Waals surface area contributed by atoms with E-state index < -0.39 is 86.8 Å². The molecule has 1 amide bonds. The molecule has 0 bridgehead atoms. The van der Waals surface area contributed by atoms with Gasteiger partial charge in [0.15, 0.2) is 12.6 Å². The summed E-state index contributed by atoms with van der Waals surface area (Å²) >= 11 is 0. The van der Waals surface area contributed by atoms with Crippen LogP contribution in [0.2, 0.25) is 0 Å². The fraction of sp³-hybridized carbons (Fsp3) is 0.947. The van der Waals surface area contributed by atoms with Gasteiger partial charge in [-0.2, -0.15) is 0 Å². The summed E-state index contributed by atoms with van der Waals surface area (Å²) in [6.45, 7) is 2.78. The van der Waals surface area contributed by atoms with Gasteiger partial charge in [-0.3, -0.25) is 4.79 Å². The Morgan fingerprint density at radius 2 is 0.873 bits per heavy atom. The number of allylic oxidation sites excluding steroid dienone is 1. The molecule has 2 heterocycles. The van der Waals surface area contributed by atoms with Crippen LogP contribution in [0.4, 0.5) is 0 Å². The van der Waals surface area contributed by atoms with Crippen molar-refractivity contribution in [2.75, 3.05) is 19.8 Å². The van der Waals surface area contributed by atoms with E-state index in [1.807, 2.05) is 6.08 Å². The fourth-order valence-electron chi connectivity index (χ4n) is 9.94. The summed E-state index contributed by atoms with van der Waals surface area (Å²) in [5.41, 5.74) is 0. The lowest BCUT2D eigenvalue weighted by molar-refractivity contribution is -0.359. The molecule has 2 fully saturated rings. The van der Waals surface area contributed by atoms with Crippen molar-refractivity contribution >= 4 is 5.91 Å². The summed E-state index contributed by atoms with van der Waals surface area (Å²) in [4.78, 5) is 13.2. The largest absolute Gasteiger partial charge is 0.394 e. The molecule has 0 aromatic carbocycles. The zero-order valence-corrected chi connectivity index (χ0v) is 45.0. The number of aliphatic hydroxyl groups excluding tert-OH is 8. The molecular weight excluding hydrogens is 907 g/mol. The van der Waals surface area contributed by atoms with Gasteiger partial charge in [-0.05, 0) is 19.3 Å². The molecule has 12 unspecified atom stereocenters. The number of hydrogen-bond donors (Lipinski definition) is 9. The molecule has 12 atom stereocenters. The first-order valence-electron chi connectivity index (χ1n) is 29.4. The van der Waals surface area contributed by atoms with Crippen LogP contribution in [0.1, 0.15) is 251 Å². The molecule has 0 radical (unpaired) electrons. The molecule has 0 aromatic rings. The van der Waals surface area contributed by atoms with Gasteiger partial charge in [-0.25, -0.2) is 0 Å². The number of unbranched alkanes of at least 4 members (excludes halogenated alkanes) is 34. The first-order chi connectivity index (χ1) is 34.6. The zero-order valence-electron chi connectivity index (χ0n) is 45.0. The summed E-state index contributed by atoms with van der Waals surface area (Å²) in [6, 6.07) is -0.907. The Labute approximate surface area is 431 Å². The average molecular weight is 1020 g/mol. The highest BCUT2D eigenvalue weighted by atomic mass is 16.7. The number of hydrogen-bond acceptors (Lipinski definition) is 13. The van der Waals surface area contributed by atoms with Crippen LogP contribution in [0.5, 0.6) is 0 Å². The lowest BCUT2D eigenvalue weighted by Crippen LogP contribution is -2.65. The van der Waals surface area contributed by atoms with Crippen LogP contribution < -0.4 is 5.32 Å². The maximum absolute atomic E-state index is 13.2. The van der Waals surface area contributed by atoms with Gasteiger partial charge in [0.05, 0.1) is 32.0 Å². The van der Waals surface area contributed by atoms with Crippen LogP contribution in [-0.2, 0) is 23.7 Å². The molecule has 14 nitrogen and oxygen atoms in total. The van der Waals surface area contributed by atoms with E-state index in [2.05, 4.69) is 19.2 Å². The Hall–Kier alpha value is -1.27. The van der Waals surface area contributed by atoms with Gasteiger partial charge in [0, 0.05) is 6.42 Å². The number of nitrogens with one attached hydrogen (secondary N) is 1. The van der Waals surface area contributed by atoms with Crippen molar-refractivity contribution in [1.82, 2.24) is 5.32 Å². The number of ether oxygens (including phenoxy) is 4. The maximum Gasteiger partial charge on any atom is 0.220 e. The minimum absolute atomic E-state index is 0.237.